The van der Waals surface area contributed by atoms with Crippen molar-refractivity contribution in [2.45, 2.75) is 6.92 Å². The van der Waals surface area contributed by atoms with Gasteiger partial charge in [-0.05, 0) is 6.92 Å². The van der Waals surface area contributed by atoms with Gasteiger partial charge in [0.2, 0.25) is 0 Å². The Balaban J connectivity index is 3.35. The van der Waals surface area contributed by atoms with Crippen LogP contribution in [0.25, 0.3) is 0 Å². The number of halogens is 1. The van der Waals surface area contributed by atoms with E-state index in [1.165, 1.54) is 13.3 Å². The molecule has 0 bridgehead atoms. The fourth-order valence-corrected chi connectivity index (χ4v) is 1.29. The maximum Gasteiger partial charge on any atom is 0.338 e. The second-order valence-electron chi connectivity index (χ2n) is 2.41. The lowest BCUT2D eigenvalue weighted by Gasteiger charge is -2.07. The molecular weight excluding hydrogens is 194 g/mol. The van der Waals surface area contributed by atoms with E-state index in [1.54, 1.807) is 6.92 Å². The van der Waals surface area contributed by atoms with Gasteiger partial charge < -0.3 is 9.84 Å². The first-order valence-electron chi connectivity index (χ1n) is 3.50. The van der Waals surface area contributed by atoms with Gasteiger partial charge >= 0.3 is 5.97 Å². The van der Waals surface area contributed by atoms with Crippen molar-refractivity contribution in [3.05, 3.63) is 22.5 Å². The SMILES string of the molecule is COc1c(C)ncc(C(=O)O)c1Cl. The summed E-state index contributed by atoms with van der Waals surface area (Å²) in [6, 6.07) is 0. The summed E-state index contributed by atoms with van der Waals surface area (Å²) in [5.74, 6) is -0.808. The van der Waals surface area contributed by atoms with Crippen LogP contribution in [-0.2, 0) is 0 Å². The molecule has 0 radical (unpaired) electrons. The van der Waals surface area contributed by atoms with Gasteiger partial charge in [0.25, 0.3) is 0 Å². The number of aryl methyl sites for hydroxylation is 1. The first kappa shape index (κ1) is 9.80. The number of nitrogens with zero attached hydrogens (tertiary/aromatic N) is 1. The zero-order chi connectivity index (χ0) is 10.0. The van der Waals surface area contributed by atoms with Gasteiger partial charge in [0.15, 0.2) is 5.75 Å². The van der Waals surface area contributed by atoms with Crippen LogP contribution in [0.5, 0.6) is 5.75 Å². The first-order valence-corrected chi connectivity index (χ1v) is 3.88. The number of carbonyl (C=O) groups is 1. The van der Waals surface area contributed by atoms with Crippen molar-refractivity contribution < 1.29 is 14.6 Å². The third-order valence-corrected chi connectivity index (χ3v) is 1.96. The zero-order valence-electron chi connectivity index (χ0n) is 7.17. The molecule has 0 aliphatic rings. The van der Waals surface area contributed by atoms with Gasteiger partial charge in [-0.1, -0.05) is 11.6 Å². The minimum atomic E-state index is -1.11. The second-order valence-corrected chi connectivity index (χ2v) is 2.79. The highest BCUT2D eigenvalue weighted by Gasteiger charge is 2.15. The number of ether oxygens (including phenoxy) is 1. The van der Waals surface area contributed by atoms with Crippen molar-refractivity contribution in [3.63, 3.8) is 0 Å². The van der Waals surface area contributed by atoms with Crippen molar-refractivity contribution in [3.8, 4) is 5.75 Å². The van der Waals surface area contributed by atoms with Crippen LogP contribution >= 0.6 is 11.6 Å². The van der Waals surface area contributed by atoms with Crippen molar-refractivity contribution in [1.82, 2.24) is 4.98 Å². The van der Waals surface area contributed by atoms with E-state index in [9.17, 15) is 4.79 Å². The minimum Gasteiger partial charge on any atom is -0.493 e. The number of pyridine rings is 1. The fourth-order valence-electron chi connectivity index (χ4n) is 0.944. The average molecular weight is 202 g/mol. The smallest absolute Gasteiger partial charge is 0.338 e. The summed E-state index contributed by atoms with van der Waals surface area (Å²) in [4.78, 5) is 14.5. The van der Waals surface area contributed by atoms with E-state index in [0.717, 1.165) is 0 Å². The van der Waals surface area contributed by atoms with Gasteiger partial charge in [0.05, 0.1) is 12.8 Å². The van der Waals surface area contributed by atoms with Crippen LogP contribution in [0.4, 0.5) is 0 Å². The zero-order valence-corrected chi connectivity index (χ0v) is 7.92. The van der Waals surface area contributed by atoms with Crippen LogP contribution in [0, 0.1) is 6.92 Å². The Morgan fingerprint density at radius 1 is 1.69 bits per heavy atom. The average Bonchev–Trinajstić information content (AvgIpc) is 2.04. The molecule has 0 aliphatic heterocycles. The number of rotatable bonds is 2. The van der Waals surface area contributed by atoms with Crippen LogP contribution in [0.2, 0.25) is 5.02 Å². The molecule has 70 valence electrons. The van der Waals surface area contributed by atoms with Crippen molar-refractivity contribution in [1.29, 1.82) is 0 Å². The number of aromatic carboxylic acids is 1. The number of methoxy groups -OCH3 is 1. The van der Waals surface area contributed by atoms with E-state index in [-0.39, 0.29) is 10.6 Å². The van der Waals surface area contributed by atoms with Crippen LogP contribution < -0.4 is 4.74 Å². The predicted molar refractivity (Wildman–Crippen MR) is 47.5 cm³/mol. The first-order chi connectivity index (χ1) is 6.07. The predicted octanol–water partition coefficient (Wildman–Crippen LogP) is 1.75. The molecule has 0 saturated carbocycles. The lowest BCUT2D eigenvalue weighted by Crippen LogP contribution is -2.02. The quantitative estimate of drug-likeness (QED) is 0.792. The molecule has 1 N–H and O–H groups in total. The van der Waals surface area contributed by atoms with Gasteiger partial charge in [0, 0.05) is 6.20 Å². The lowest BCUT2D eigenvalue weighted by molar-refractivity contribution is 0.0696. The van der Waals surface area contributed by atoms with Gasteiger partial charge in [-0.2, -0.15) is 0 Å². The molecule has 1 heterocycles. The van der Waals surface area contributed by atoms with E-state index in [4.69, 9.17) is 21.4 Å². The number of carboxylic acids is 1. The van der Waals surface area contributed by atoms with Crippen molar-refractivity contribution >= 4 is 17.6 Å². The maximum absolute atomic E-state index is 10.6. The van der Waals surface area contributed by atoms with Gasteiger partial charge in [-0.15, -0.1) is 0 Å². The molecule has 0 atom stereocenters. The van der Waals surface area contributed by atoms with Gasteiger partial charge in [-0.25, -0.2) is 4.79 Å². The summed E-state index contributed by atoms with van der Waals surface area (Å²) < 4.78 is 4.91. The lowest BCUT2D eigenvalue weighted by atomic mass is 10.2. The fraction of sp³-hybridized carbons (Fsp3) is 0.250. The van der Waals surface area contributed by atoms with Gasteiger partial charge in [0.1, 0.15) is 10.6 Å². The normalized spacial score (nSPS) is 9.77. The molecule has 1 aromatic rings. The highest BCUT2D eigenvalue weighted by molar-refractivity contribution is 6.35. The Morgan fingerprint density at radius 2 is 2.31 bits per heavy atom. The Kier molecular flexibility index (Phi) is 2.72. The van der Waals surface area contributed by atoms with E-state index in [2.05, 4.69) is 4.98 Å². The van der Waals surface area contributed by atoms with E-state index in [1.807, 2.05) is 0 Å². The van der Waals surface area contributed by atoms with Crippen molar-refractivity contribution in [2.75, 3.05) is 7.11 Å². The molecule has 0 aliphatic carbocycles. The Morgan fingerprint density at radius 3 is 2.77 bits per heavy atom. The molecule has 13 heavy (non-hydrogen) atoms. The molecule has 1 aromatic heterocycles. The molecule has 0 fully saturated rings. The topological polar surface area (TPSA) is 59.4 Å². The van der Waals surface area contributed by atoms with Gasteiger partial charge in [-0.3, -0.25) is 4.98 Å². The molecule has 0 amide bonds. The highest BCUT2D eigenvalue weighted by Crippen LogP contribution is 2.29. The molecule has 1 rings (SSSR count). The summed E-state index contributed by atoms with van der Waals surface area (Å²) in [5.41, 5.74) is 0.515. The standard InChI is InChI=1S/C8H8ClNO3/c1-4-7(13-2)6(9)5(3-10-4)8(11)12/h3H,1-2H3,(H,11,12). The molecule has 5 heteroatoms. The number of hydrogen-bond donors (Lipinski definition) is 1. The van der Waals surface area contributed by atoms with E-state index in [0.29, 0.717) is 11.4 Å². The monoisotopic (exact) mass is 201 g/mol. The molecule has 0 aromatic carbocycles. The second kappa shape index (κ2) is 3.62. The maximum atomic E-state index is 10.6. The molecule has 0 unspecified atom stereocenters. The number of hydrogen-bond acceptors (Lipinski definition) is 3. The van der Waals surface area contributed by atoms with Crippen LogP contribution in [-0.4, -0.2) is 23.2 Å². The summed E-state index contributed by atoms with van der Waals surface area (Å²) in [7, 11) is 1.42. The summed E-state index contributed by atoms with van der Waals surface area (Å²) in [6.07, 6.45) is 1.21. The summed E-state index contributed by atoms with van der Waals surface area (Å²) in [5, 5.41) is 8.78. The minimum absolute atomic E-state index is 0.0517. The summed E-state index contributed by atoms with van der Waals surface area (Å²) in [6.45, 7) is 1.69. The van der Waals surface area contributed by atoms with Crippen LogP contribution in [0.1, 0.15) is 16.1 Å². The third kappa shape index (κ3) is 1.72. The molecular formula is C8H8ClNO3. The van der Waals surface area contributed by atoms with Crippen molar-refractivity contribution in [2.24, 2.45) is 0 Å². The van der Waals surface area contributed by atoms with E-state index >= 15 is 0 Å². The number of carboxylic acid groups (broad SMARTS) is 1. The Labute approximate surface area is 80.1 Å². The van der Waals surface area contributed by atoms with Crippen LogP contribution in [0.15, 0.2) is 6.20 Å². The molecule has 4 nitrogen and oxygen atoms in total. The largest absolute Gasteiger partial charge is 0.493 e. The number of aromatic nitrogens is 1. The molecule has 0 saturated heterocycles. The molecule has 0 spiro atoms. The third-order valence-electron chi connectivity index (χ3n) is 1.59. The van der Waals surface area contributed by atoms with Crippen LogP contribution in [0.3, 0.4) is 0 Å². The Hall–Kier alpha value is -1.29. The van der Waals surface area contributed by atoms with E-state index < -0.39 is 5.97 Å². The summed E-state index contributed by atoms with van der Waals surface area (Å²) >= 11 is 5.76. The highest BCUT2D eigenvalue weighted by atomic mass is 35.5. The Bertz CT molecular complexity index is 351.